The molecule has 1 aromatic carbocycles. The molecule has 9 nitrogen and oxygen atoms in total. The molecule has 42 heavy (non-hydrogen) atoms. The SMILES string of the molecule is CC(c1ccncc1)C1(C(C)c2ccncc2)NC(=O)N(c2ccc(OC(F)(F)F)c(NCc3ccccn3)c2)C1=O. The number of anilines is 2. The molecule has 0 spiro atoms. The van der Waals surface area contributed by atoms with Crippen LogP contribution >= 0.6 is 0 Å². The first-order valence-electron chi connectivity index (χ1n) is 13.1. The Balaban J connectivity index is 1.56. The molecule has 216 valence electrons. The largest absolute Gasteiger partial charge is 0.573 e. The highest BCUT2D eigenvalue weighted by Gasteiger charge is 2.58. The van der Waals surface area contributed by atoms with Gasteiger partial charge in [-0.05, 0) is 65.7 Å². The van der Waals surface area contributed by atoms with E-state index in [-0.39, 0.29) is 17.9 Å². The minimum atomic E-state index is -4.96. The highest BCUT2D eigenvalue weighted by Crippen LogP contribution is 2.45. The van der Waals surface area contributed by atoms with Crippen molar-refractivity contribution in [3.8, 4) is 5.75 Å². The van der Waals surface area contributed by atoms with Gasteiger partial charge in [0.05, 0.1) is 23.6 Å². The van der Waals surface area contributed by atoms with Gasteiger partial charge in [-0.1, -0.05) is 19.9 Å². The summed E-state index contributed by atoms with van der Waals surface area (Å²) in [6.45, 7) is 3.75. The summed E-state index contributed by atoms with van der Waals surface area (Å²) in [7, 11) is 0. The van der Waals surface area contributed by atoms with Crippen LogP contribution in [0, 0.1) is 0 Å². The van der Waals surface area contributed by atoms with E-state index in [1.165, 1.54) is 12.1 Å². The summed E-state index contributed by atoms with van der Waals surface area (Å²) in [5, 5.41) is 5.84. The molecule has 3 amide bonds. The predicted octanol–water partition coefficient (Wildman–Crippen LogP) is 5.78. The van der Waals surface area contributed by atoms with Crippen molar-refractivity contribution in [2.75, 3.05) is 10.2 Å². The normalized spacial score (nSPS) is 18.4. The highest BCUT2D eigenvalue weighted by atomic mass is 19.4. The number of ether oxygens (including phenoxy) is 1. The summed E-state index contributed by atoms with van der Waals surface area (Å²) < 4.78 is 43.9. The van der Waals surface area contributed by atoms with E-state index >= 15 is 0 Å². The zero-order valence-electron chi connectivity index (χ0n) is 22.7. The number of carbonyl (C=O) groups is 2. The number of hydrogen-bond acceptors (Lipinski definition) is 7. The Labute approximate surface area is 239 Å². The summed E-state index contributed by atoms with van der Waals surface area (Å²) in [4.78, 5) is 41.3. The lowest BCUT2D eigenvalue weighted by atomic mass is 9.70. The van der Waals surface area contributed by atoms with Crippen molar-refractivity contribution >= 4 is 23.3 Å². The van der Waals surface area contributed by atoms with Crippen LogP contribution in [0.3, 0.4) is 0 Å². The molecule has 2 atom stereocenters. The fourth-order valence-electron chi connectivity index (χ4n) is 5.29. The number of hydrogen-bond donors (Lipinski definition) is 2. The first-order chi connectivity index (χ1) is 20.1. The molecule has 0 saturated carbocycles. The molecule has 4 aromatic rings. The van der Waals surface area contributed by atoms with Crippen LogP contribution in [-0.4, -0.2) is 38.8 Å². The standard InChI is InChI=1S/C30H27F3N6O3/c1-19(21-8-13-34-14-9-21)29(20(2)22-10-15-35-16-11-22)27(40)39(28(41)38-29)24-6-7-26(42-30(31,32)33)25(17-24)37-18-23-5-3-4-12-36-23/h3-17,19-20,37H,18H2,1-2H3,(H,38,41). The third-order valence-electron chi connectivity index (χ3n) is 7.49. The Morgan fingerprint density at radius 1 is 0.905 bits per heavy atom. The number of amides is 3. The maximum absolute atomic E-state index is 14.4. The molecule has 0 radical (unpaired) electrons. The van der Waals surface area contributed by atoms with Gasteiger partial charge in [0.25, 0.3) is 5.91 Å². The van der Waals surface area contributed by atoms with E-state index in [2.05, 4.69) is 30.3 Å². The Hall–Kier alpha value is -5.00. The number of alkyl halides is 3. The summed E-state index contributed by atoms with van der Waals surface area (Å²) in [6, 6.07) is 15.2. The van der Waals surface area contributed by atoms with Crippen molar-refractivity contribution in [3.63, 3.8) is 0 Å². The molecule has 1 aliphatic rings. The molecule has 0 aliphatic carbocycles. The molecule has 12 heteroatoms. The first kappa shape index (κ1) is 28.5. The third kappa shape index (κ3) is 5.60. The topological polar surface area (TPSA) is 109 Å². The van der Waals surface area contributed by atoms with Crippen molar-refractivity contribution in [3.05, 3.63) is 108 Å². The zero-order valence-corrected chi connectivity index (χ0v) is 22.7. The number of urea groups is 1. The average Bonchev–Trinajstić information content (AvgIpc) is 3.26. The second-order valence-electron chi connectivity index (χ2n) is 9.85. The molecule has 1 saturated heterocycles. The summed E-state index contributed by atoms with van der Waals surface area (Å²) >= 11 is 0. The van der Waals surface area contributed by atoms with Crippen LogP contribution in [0.2, 0.25) is 0 Å². The zero-order chi connectivity index (χ0) is 29.9. The van der Waals surface area contributed by atoms with Crippen LogP contribution in [0.1, 0.15) is 42.5 Å². The first-order valence-corrected chi connectivity index (χ1v) is 13.1. The second-order valence-corrected chi connectivity index (χ2v) is 9.85. The van der Waals surface area contributed by atoms with Gasteiger partial charge in [0.2, 0.25) is 0 Å². The number of rotatable bonds is 9. The van der Waals surface area contributed by atoms with Crippen molar-refractivity contribution < 1.29 is 27.5 Å². The van der Waals surface area contributed by atoms with Gasteiger partial charge in [0, 0.05) is 42.8 Å². The van der Waals surface area contributed by atoms with E-state index in [0.29, 0.717) is 5.69 Å². The molecule has 5 rings (SSSR count). The fraction of sp³-hybridized carbons (Fsp3) is 0.233. The molecule has 3 aromatic heterocycles. The smallest absolute Gasteiger partial charge is 0.404 e. The molecule has 4 heterocycles. The minimum absolute atomic E-state index is 0.0702. The van der Waals surface area contributed by atoms with E-state index in [9.17, 15) is 22.8 Å². The Bertz CT molecular complexity index is 1510. The summed E-state index contributed by atoms with van der Waals surface area (Å²) in [5.74, 6) is -2.10. The number of imide groups is 1. The van der Waals surface area contributed by atoms with Crippen molar-refractivity contribution in [2.45, 2.75) is 44.1 Å². The Morgan fingerprint density at radius 3 is 2.07 bits per heavy atom. The number of pyridine rings is 3. The predicted molar refractivity (Wildman–Crippen MR) is 149 cm³/mol. The lowest BCUT2D eigenvalue weighted by Gasteiger charge is -2.38. The lowest BCUT2D eigenvalue weighted by Crippen LogP contribution is -2.55. The van der Waals surface area contributed by atoms with Gasteiger partial charge in [0.1, 0.15) is 5.54 Å². The molecule has 1 aliphatic heterocycles. The van der Waals surface area contributed by atoms with Crippen LogP contribution in [0.5, 0.6) is 5.75 Å². The van der Waals surface area contributed by atoms with Gasteiger partial charge < -0.3 is 15.4 Å². The van der Waals surface area contributed by atoms with E-state index in [0.717, 1.165) is 22.1 Å². The van der Waals surface area contributed by atoms with Crippen LogP contribution in [0.4, 0.5) is 29.3 Å². The van der Waals surface area contributed by atoms with Crippen LogP contribution in [0.15, 0.2) is 91.6 Å². The van der Waals surface area contributed by atoms with Crippen molar-refractivity contribution in [2.24, 2.45) is 0 Å². The van der Waals surface area contributed by atoms with Crippen LogP contribution < -0.4 is 20.3 Å². The maximum atomic E-state index is 14.4. The lowest BCUT2D eigenvalue weighted by molar-refractivity contribution is -0.274. The van der Waals surface area contributed by atoms with Crippen LogP contribution in [0.25, 0.3) is 0 Å². The monoisotopic (exact) mass is 576 g/mol. The van der Waals surface area contributed by atoms with Gasteiger partial charge in [0.15, 0.2) is 5.75 Å². The van der Waals surface area contributed by atoms with E-state index < -0.39 is 41.4 Å². The van der Waals surface area contributed by atoms with Gasteiger partial charge in [-0.15, -0.1) is 13.2 Å². The van der Waals surface area contributed by atoms with Gasteiger partial charge >= 0.3 is 12.4 Å². The summed E-state index contributed by atoms with van der Waals surface area (Å²) in [6.07, 6.45) is 3.02. The molecule has 1 fully saturated rings. The third-order valence-corrected chi connectivity index (χ3v) is 7.49. The number of nitrogens with one attached hydrogen (secondary N) is 2. The quantitative estimate of drug-likeness (QED) is 0.243. The number of nitrogens with zero attached hydrogens (tertiary/aromatic N) is 4. The Morgan fingerprint density at radius 2 is 1.52 bits per heavy atom. The molecule has 2 unspecified atom stereocenters. The molecule has 2 N–H and O–H groups in total. The molecule has 0 bridgehead atoms. The molecular formula is C30H27F3N6O3. The van der Waals surface area contributed by atoms with Gasteiger partial charge in [-0.2, -0.15) is 0 Å². The number of benzene rings is 1. The van der Waals surface area contributed by atoms with Gasteiger partial charge in [-0.25, -0.2) is 9.69 Å². The van der Waals surface area contributed by atoms with E-state index in [1.807, 2.05) is 13.8 Å². The highest BCUT2D eigenvalue weighted by molar-refractivity contribution is 6.24. The average molecular weight is 577 g/mol. The maximum Gasteiger partial charge on any atom is 0.573 e. The number of aromatic nitrogens is 3. The van der Waals surface area contributed by atoms with Gasteiger partial charge in [-0.3, -0.25) is 19.7 Å². The van der Waals surface area contributed by atoms with Crippen molar-refractivity contribution in [1.82, 2.24) is 20.3 Å². The second kappa shape index (κ2) is 11.5. The Kier molecular flexibility index (Phi) is 7.79. The van der Waals surface area contributed by atoms with Crippen LogP contribution in [-0.2, 0) is 11.3 Å². The summed E-state index contributed by atoms with van der Waals surface area (Å²) in [5.41, 5.74) is 0.662. The van der Waals surface area contributed by atoms with E-state index in [4.69, 9.17) is 0 Å². The van der Waals surface area contributed by atoms with Crippen molar-refractivity contribution in [1.29, 1.82) is 0 Å². The fourth-order valence-corrected chi connectivity index (χ4v) is 5.29. The minimum Gasteiger partial charge on any atom is -0.404 e. The molecular weight excluding hydrogens is 549 g/mol. The number of halogens is 3. The van der Waals surface area contributed by atoms with E-state index in [1.54, 1.807) is 73.4 Å². The number of carbonyl (C=O) groups excluding carboxylic acids is 2.